The summed E-state index contributed by atoms with van der Waals surface area (Å²) in [5, 5.41) is 0. The predicted molar refractivity (Wildman–Crippen MR) is 140 cm³/mol. The number of hydrogen-bond donors (Lipinski definition) is 0. The molecule has 8 atom stereocenters. The lowest BCUT2D eigenvalue weighted by Gasteiger charge is -2.39. The predicted octanol–water partition coefficient (Wildman–Crippen LogP) is 4.47. The molecule has 0 aromatic rings. The van der Waals surface area contributed by atoms with Gasteiger partial charge >= 0.3 is 23.9 Å². The van der Waals surface area contributed by atoms with Crippen molar-refractivity contribution < 1.29 is 42.9 Å². The van der Waals surface area contributed by atoms with Crippen molar-refractivity contribution >= 4 is 23.9 Å². The van der Waals surface area contributed by atoms with Gasteiger partial charge in [0.25, 0.3) is 0 Å². The van der Waals surface area contributed by atoms with Gasteiger partial charge in [0.05, 0.1) is 11.5 Å². The van der Waals surface area contributed by atoms with Crippen LogP contribution in [0.2, 0.25) is 0 Å². The van der Waals surface area contributed by atoms with Crippen LogP contribution in [0.15, 0.2) is 23.3 Å². The minimum atomic E-state index is -0.942. The molecule has 9 heteroatoms. The van der Waals surface area contributed by atoms with E-state index in [1.54, 1.807) is 33.8 Å². The standard InChI is InChI=1S/C29H44O9/c1-11-16(4)27(32)36-23-17(5)13-12-14-29(10)26(38-29)25(22(15(2)3)24(23)35-21(9)31)37-28(33)18(6)19(7)34-20(8)30/h11,13,15,18-19,22-26H,12,14H2,1-10H3/b16-11+,17-13+/t18?,19?,22-,23-,24-,25-,26+,29+/m0/s1. The second-order valence-corrected chi connectivity index (χ2v) is 11.0. The molecule has 1 fully saturated rings. The minimum absolute atomic E-state index is 0.164. The van der Waals surface area contributed by atoms with Gasteiger partial charge in [-0.1, -0.05) is 26.0 Å². The molecule has 38 heavy (non-hydrogen) atoms. The number of carbonyl (C=O) groups excluding carboxylic acids is 4. The maximum Gasteiger partial charge on any atom is 0.334 e. The van der Waals surface area contributed by atoms with Crippen molar-refractivity contribution in [1.29, 1.82) is 0 Å². The van der Waals surface area contributed by atoms with E-state index in [4.69, 9.17) is 23.7 Å². The third kappa shape index (κ3) is 7.68. The van der Waals surface area contributed by atoms with Crippen molar-refractivity contribution in [2.45, 2.75) is 118 Å². The number of rotatable bonds is 8. The molecule has 0 spiro atoms. The van der Waals surface area contributed by atoms with Gasteiger partial charge in [0.2, 0.25) is 0 Å². The Morgan fingerprint density at radius 3 is 2.16 bits per heavy atom. The smallest absolute Gasteiger partial charge is 0.334 e. The Balaban J connectivity index is 2.58. The lowest BCUT2D eigenvalue weighted by molar-refractivity contribution is -0.182. The third-order valence-corrected chi connectivity index (χ3v) is 7.59. The van der Waals surface area contributed by atoms with E-state index >= 15 is 0 Å². The molecule has 0 radical (unpaired) electrons. The van der Waals surface area contributed by atoms with Crippen molar-refractivity contribution in [2.75, 3.05) is 0 Å². The van der Waals surface area contributed by atoms with E-state index in [9.17, 15) is 19.2 Å². The molecule has 214 valence electrons. The van der Waals surface area contributed by atoms with Crippen LogP contribution < -0.4 is 0 Å². The molecule has 1 aliphatic heterocycles. The van der Waals surface area contributed by atoms with E-state index < -0.39 is 71.8 Å². The van der Waals surface area contributed by atoms with Crippen LogP contribution in [-0.2, 0) is 42.9 Å². The van der Waals surface area contributed by atoms with Gasteiger partial charge in [0.15, 0.2) is 6.10 Å². The molecule has 0 bridgehead atoms. The zero-order valence-electron chi connectivity index (χ0n) is 24.4. The van der Waals surface area contributed by atoms with E-state index in [0.29, 0.717) is 18.4 Å². The Kier molecular flexibility index (Phi) is 10.7. The number of ether oxygens (including phenoxy) is 5. The van der Waals surface area contributed by atoms with Crippen molar-refractivity contribution in [3.8, 4) is 0 Å². The van der Waals surface area contributed by atoms with Crippen LogP contribution >= 0.6 is 0 Å². The molecule has 1 aliphatic carbocycles. The zero-order valence-corrected chi connectivity index (χ0v) is 24.4. The van der Waals surface area contributed by atoms with Gasteiger partial charge in [0, 0.05) is 25.3 Å². The number of carbonyl (C=O) groups is 4. The molecular formula is C29H44O9. The molecule has 2 aliphatic rings. The van der Waals surface area contributed by atoms with Crippen LogP contribution in [0, 0.1) is 17.8 Å². The number of epoxide rings is 1. The first kappa shape index (κ1) is 31.5. The summed E-state index contributed by atoms with van der Waals surface area (Å²) in [6.45, 7) is 16.9. The fourth-order valence-corrected chi connectivity index (χ4v) is 4.94. The molecule has 2 rings (SSSR count). The molecule has 0 aromatic heterocycles. The number of fused-ring (bicyclic) bond motifs is 1. The van der Waals surface area contributed by atoms with Gasteiger partial charge in [-0.15, -0.1) is 0 Å². The van der Waals surface area contributed by atoms with Gasteiger partial charge in [-0.2, -0.15) is 0 Å². The fourth-order valence-electron chi connectivity index (χ4n) is 4.94. The topological polar surface area (TPSA) is 118 Å². The normalized spacial score (nSPS) is 32.6. The quantitative estimate of drug-likeness (QED) is 0.146. The van der Waals surface area contributed by atoms with E-state index in [1.165, 1.54) is 13.8 Å². The molecule has 0 N–H and O–H groups in total. The molecule has 1 saturated heterocycles. The summed E-state index contributed by atoms with van der Waals surface area (Å²) in [5.41, 5.74) is 0.626. The number of hydrogen-bond acceptors (Lipinski definition) is 9. The van der Waals surface area contributed by atoms with Crippen LogP contribution in [0.25, 0.3) is 0 Å². The van der Waals surface area contributed by atoms with Crippen LogP contribution in [0.4, 0.5) is 0 Å². The molecule has 1 heterocycles. The van der Waals surface area contributed by atoms with Gasteiger partial charge in [-0.05, 0) is 65.9 Å². The van der Waals surface area contributed by atoms with Crippen LogP contribution in [-0.4, -0.2) is 60.0 Å². The first-order valence-corrected chi connectivity index (χ1v) is 13.4. The third-order valence-electron chi connectivity index (χ3n) is 7.59. The molecule has 0 amide bonds. The van der Waals surface area contributed by atoms with Gasteiger partial charge in [0.1, 0.15) is 24.4 Å². The highest BCUT2D eigenvalue weighted by molar-refractivity contribution is 5.88. The highest BCUT2D eigenvalue weighted by Gasteiger charge is 2.61. The summed E-state index contributed by atoms with van der Waals surface area (Å²) >= 11 is 0. The summed E-state index contributed by atoms with van der Waals surface area (Å²) in [4.78, 5) is 50.0. The van der Waals surface area contributed by atoms with E-state index in [-0.39, 0.29) is 5.92 Å². The monoisotopic (exact) mass is 536 g/mol. The zero-order chi connectivity index (χ0) is 28.9. The van der Waals surface area contributed by atoms with Gasteiger partial charge in [-0.3, -0.25) is 14.4 Å². The summed E-state index contributed by atoms with van der Waals surface area (Å²) in [6.07, 6.45) is 1.15. The lowest BCUT2D eigenvalue weighted by Crippen LogP contribution is -2.52. The van der Waals surface area contributed by atoms with E-state index in [1.807, 2.05) is 33.8 Å². The van der Waals surface area contributed by atoms with Crippen molar-refractivity contribution in [3.05, 3.63) is 23.3 Å². The summed E-state index contributed by atoms with van der Waals surface area (Å²) in [5.74, 6) is -3.60. The Bertz CT molecular complexity index is 965. The summed E-state index contributed by atoms with van der Waals surface area (Å²) in [7, 11) is 0. The van der Waals surface area contributed by atoms with Crippen LogP contribution in [0.3, 0.4) is 0 Å². The van der Waals surface area contributed by atoms with Crippen LogP contribution in [0.5, 0.6) is 0 Å². The molecule has 2 unspecified atom stereocenters. The Labute approximate surface area is 226 Å². The first-order chi connectivity index (χ1) is 17.6. The molecule has 0 aromatic carbocycles. The average Bonchev–Trinajstić information content (AvgIpc) is 3.49. The second kappa shape index (κ2) is 12.9. The Morgan fingerprint density at radius 1 is 1.00 bits per heavy atom. The van der Waals surface area contributed by atoms with Crippen molar-refractivity contribution in [2.24, 2.45) is 17.8 Å². The first-order valence-electron chi connectivity index (χ1n) is 13.4. The minimum Gasteiger partial charge on any atom is -0.462 e. The lowest BCUT2D eigenvalue weighted by atomic mass is 9.77. The van der Waals surface area contributed by atoms with Crippen LogP contribution in [0.1, 0.15) is 82.1 Å². The van der Waals surface area contributed by atoms with Gasteiger partial charge in [-0.25, -0.2) is 4.79 Å². The fraction of sp³-hybridized carbons (Fsp3) is 0.724. The average molecular weight is 537 g/mol. The van der Waals surface area contributed by atoms with Gasteiger partial charge < -0.3 is 23.7 Å². The molecular weight excluding hydrogens is 492 g/mol. The number of esters is 4. The highest BCUT2D eigenvalue weighted by atomic mass is 16.6. The maximum absolute atomic E-state index is 13.3. The number of allylic oxidation sites excluding steroid dienone is 2. The maximum atomic E-state index is 13.3. The van der Waals surface area contributed by atoms with Crippen molar-refractivity contribution in [1.82, 2.24) is 0 Å². The summed E-state index contributed by atoms with van der Waals surface area (Å²) < 4.78 is 29.3. The Morgan fingerprint density at radius 2 is 1.63 bits per heavy atom. The summed E-state index contributed by atoms with van der Waals surface area (Å²) in [6, 6.07) is 0. The molecule has 0 saturated carbocycles. The highest BCUT2D eigenvalue weighted by Crippen LogP contribution is 2.48. The SMILES string of the molecule is C/C=C(\C)C(=O)O[C@H]1/C(C)=C/CC[C@@]2(C)O[C@@H]2[C@@H](OC(=O)C(C)C(C)OC(C)=O)[C@@H](C(C)C)[C@@H]1OC(C)=O. The Hall–Kier alpha value is -2.68. The van der Waals surface area contributed by atoms with E-state index in [2.05, 4.69) is 0 Å². The molecule has 9 nitrogen and oxygen atoms in total. The van der Waals surface area contributed by atoms with E-state index in [0.717, 1.165) is 5.57 Å². The second-order valence-electron chi connectivity index (χ2n) is 11.0. The largest absolute Gasteiger partial charge is 0.462 e. The van der Waals surface area contributed by atoms with Crippen molar-refractivity contribution in [3.63, 3.8) is 0 Å².